The van der Waals surface area contributed by atoms with Crippen LogP contribution in [-0.2, 0) is 14.8 Å². The minimum Gasteiger partial charge on any atom is -0.339 e. The Morgan fingerprint density at radius 3 is 2.52 bits per heavy atom. The van der Waals surface area contributed by atoms with Gasteiger partial charge in [0.25, 0.3) is 0 Å². The van der Waals surface area contributed by atoms with Crippen molar-refractivity contribution in [2.75, 3.05) is 18.4 Å². The first-order valence-corrected chi connectivity index (χ1v) is 11.6. The summed E-state index contributed by atoms with van der Waals surface area (Å²) < 4.78 is 32.6. The molecule has 10 heteroatoms. The predicted molar refractivity (Wildman–Crippen MR) is 116 cm³/mol. The van der Waals surface area contributed by atoms with Crippen molar-refractivity contribution < 1.29 is 17.7 Å². The largest absolute Gasteiger partial charge is 0.339 e. The number of halogens is 1. The van der Waals surface area contributed by atoms with Crippen LogP contribution in [-0.4, -0.2) is 41.9 Å². The molecular weight excluding hydrogens is 440 g/mol. The number of benzene rings is 2. The van der Waals surface area contributed by atoms with Gasteiger partial charge in [-0.15, -0.1) is 0 Å². The maximum Gasteiger partial charge on any atom is 0.243 e. The van der Waals surface area contributed by atoms with Crippen molar-refractivity contribution in [1.82, 2.24) is 14.4 Å². The maximum atomic E-state index is 13.1. The minimum atomic E-state index is -3.70. The average molecular weight is 461 g/mol. The molecule has 1 aliphatic heterocycles. The zero-order valence-electron chi connectivity index (χ0n) is 16.8. The highest BCUT2D eigenvalue weighted by Gasteiger charge is 2.32. The van der Waals surface area contributed by atoms with E-state index in [1.54, 1.807) is 55.5 Å². The molecule has 8 nitrogen and oxygen atoms in total. The van der Waals surface area contributed by atoms with Crippen molar-refractivity contribution in [3.63, 3.8) is 0 Å². The fraction of sp³-hybridized carbons (Fsp3) is 0.286. The number of carbonyl (C=O) groups excluding carboxylic acids is 1. The first kappa shape index (κ1) is 21.5. The van der Waals surface area contributed by atoms with E-state index in [9.17, 15) is 13.2 Å². The summed E-state index contributed by atoms with van der Waals surface area (Å²) in [7, 11) is -3.70. The molecule has 1 saturated heterocycles. The number of nitrogens with one attached hydrogen (secondary N) is 1. The van der Waals surface area contributed by atoms with E-state index < -0.39 is 10.0 Å². The van der Waals surface area contributed by atoms with Gasteiger partial charge in [-0.25, -0.2) is 8.42 Å². The lowest BCUT2D eigenvalue weighted by Gasteiger charge is -2.30. The predicted octanol–water partition coefficient (Wildman–Crippen LogP) is 3.74. The molecule has 1 amide bonds. The van der Waals surface area contributed by atoms with Gasteiger partial charge in [-0.2, -0.15) is 9.29 Å². The van der Waals surface area contributed by atoms with Gasteiger partial charge < -0.3 is 9.84 Å². The SMILES string of the molecule is Cc1nc(-c2cccc(S(=O)(=O)N3CCC(C(=O)Nc4ccc(Cl)cc4)CC3)c2)no1. The number of carbonyl (C=O) groups is 1. The molecule has 0 spiro atoms. The fourth-order valence-corrected chi connectivity index (χ4v) is 5.14. The molecule has 3 aromatic rings. The van der Waals surface area contributed by atoms with Crippen molar-refractivity contribution in [3.8, 4) is 11.4 Å². The highest BCUT2D eigenvalue weighted by atomic mass is 35.5. The van der Waals surface area contributed by atoms with Crippen molar-refractivity contribution >= 4 is 33.2 Å². The number of aryl methyl sites for hydroxylation is 1. The van der Waals surface area contributed by atoms with Crippen LogP contribution in [0.1, 0.15) is 18.7 Å². The van der Waals surface area contributed by atoms with Gasteiger partial charge in [0.2, 0.25) is 27.6 Å². The standard InChI is InChI=1S/C21H21ClN4O4S/c1-14-23-20(25-30-14)16-3-2-4-19(13-16)31(28,29)26-11-9-15(10-12-26)21(27)24-18-7-5-17(22)6-8-18/h2-8,13,15H,9-12H2,1H3,(H,24,27). The van der Waals surface area contributed by atoms with Crippen molar-refractivity contribution in [2.24, 2.45) is 5.92 Å². The normalized spacial score (nSPS) is 15.7. The first-order chi connectivity index (χ1) is 14.8. The molecule has 2 heterocycles. The lowest BCUT2D eigenvalue weighted by molar-refractivity contribution is -0.120. The van der Waals surface area contributed by atoms with E-state index in [0.717, 1.165) is 0 Å². The monoisotopic (exact) mass is 460 g/mol. The van der Waals surface area contributed by atoms with Crippen LogP contribution >= 0.6 is 11.6 Å². The highest BCUT2D eigenvalue weighted by Crippen LogP contribution is 2.27. The molecule has 162 valence electrons. The Morgan fingerprint density at radius 1 is 1.16 bits per heavy atom. The fourth-order valence-electron chi connectivity index (χ4n) is 3.50. The Labute approximate surface area is 185 Å². The second kappa shape index (κ2) is 8.78. The van der Waals surface area contributed by atoms with Crippen LogP contribution in [0.2, 0.25) is 5.02 Å². The molecule has 4 rings (SSSR count). The second-order valence-electron chi connectivity index (χ2n) is 7.34. The molecule has 0 radical (unpaired) electrons. The van der Waals surface area contributed by atoms with Crippen LogP contribution in [0, 0.1) is 12.8 Å². The number of hydrogen-bond donors (Lipinski definition) is 1. The topological polar surface area (TPSA) is 105 Å². The van der Waals surface area contributed by atoms with Crippen LogP contribution in [0.15, 0.2) is 57.9 Å². The Balaban J connectivity index is 1.42. The molecule has 0 atom stereocenters. The van der Waals surface area contributed by atoms with Gasteiger partial charge in [0.1, 0.15) is 0 Å². The van der Waals surface area contributed by atoms with Gasteiger partial charge in [0, 0.05) is 42.2 Å². The summed E-state index contributed by atoms with van der Waals surface area (Å²) in [4.78, 5) is 16.9. The average Bonchev–Trinajstić information content (AvgIpc) is 3.22. The molecule has 2 aromatic carbocycles. The van der Waals surface area contributed by atoms with Crippen LogP contribution in [0.3, 0.4) is 0 Å². The molecule has 0 bridgehead atoms. The lowest BCUT2D eigenvalue weighted by atomic mass is 9.97. The maximum absolute atomic E-state index is 13.1. The van der Waals surface area contributed by atoms with Gasteiger partial charge >= 0.3 is 0 Å². The van der Waals surface area contributed by atoms with E-state index in [1.807, 2.05) is 0 Å². The van der Waals surface area contributed by atoms with Crippen LogP contribution in [0.25, 0.3) is 11.4 Å². The summed E-state index contributed by atoms with van der Waals surface area (Å²) in [5, 5.41) is 7.30. The number of aromatic nitrogens is 2. The Bertz CT molecular complexity index is 1190. The van der Waals surface area contributed by atoms with Crippen molar-refractivity contribution in [3.05, 3.63) is 59.4 Å². The minimum absolute atomic E-state index is 0.117. The number of anilines is 1. The van der Waals surface area contributed by atoms with E-state index >= 15 is 0 Å². The third kappa shape index (κ3) is 4.79. The number of hydrogen-bond acceptors (Lipinski definition) is 6. The summed E-state index contributed by atoms with van der Waals surface area (Å²) >= 11 is 5.87. The van der Waals surface area contributed by atoms with E-state index in [2.05, 4.69) is 15.5 Å². The number of piperidine rings is 1. The summed E-state index contributed by atoms with van der Waals surface area (Å²) in [5.41, 5.74) is 1.23. The number of sulfonamides is 1. The molecule has 1 N–H and O–H groups in total. The lowest BCUT2D eigenvalue weighted by Crippen LogP contribution is -2.41. The summed E-state index contributed by atoms with van der Waals surface area (Å²) in [6.45, 7) is 2.21. The van der Waals surface area contributed by atoms with Crippen LogP contribution in [0.4, 0.5) is 5.69 Å². The van der Waals surface area contributed by atoms with Gasteiger partial charge in [-0.1, -0.05) is 28.9 Å². The van der Waals surface area contributed by atoms with Gasteiger partial charge in [-0.3, -0.25) is 4.79 Å². The molecular formula is C21H21ClN4O4S. The molecule has 1 aromatic heterocycles. The second-order valence-corrected chi connectivity index (χ2v) is 9.71. The first-order valence-electron chi connectivity index (χ1n) is 9.80. The molecule has 0 saturated carbocycles. The zero-order chi connectivity index (χ0) is 22.0. The zero-order valence-corrected chi connectivity index (χ0v) is 18.4. The van der Waals surface area contributed by atoms with Gasteiger partial charge in [0.15, 0.2) is 0 Å². The Hall–Kier alpha value is -2.75. The van der Waals surface area contributed by atoms with Gasteiger partial charge in [-0.05, 0) is 49.2 Å². The van der Waals surface area contributed by atoms with Gasteiger partial charge in [0.05, 0.1) is 4.90 Å². The number of amides is 1. The number of rotatable bonds is 5. The summed E-state index contributed by atoms with van der Waals surface area (Å²) in [6, 6.07) is 13.4. The third-order valence-electron chi connectivity index (χ3n) is 5.19. The molecule has 1 aliphatic rings. The number of nitrogens with zero attached hydrogens (tertiary/aromatic N) is 3. The van der Waals surface area contributed by atoms with E-state index in [1.165, 1.54) is 4.31 Å². The third-order valence-corrected chi connectivity index (χ3v) is 7.34. The molecule has 0 unspecified atom stereocenters. The van der Waals surface area contributed by atoms with E-state index in [4.69, 9.17) is 16.1 Å². The summed E-state index contributed by atoms with van der Waals surface area (Å²) in [5.74, 6) is 0.374. The van der Waals surface area contributed by atoms with E-state index in [-0.39, 0.29) is 29.8 Å². The molecule has 31 heavy (non-hydrogen) atoms. The van der Waals surface area contributed by atoms with Crippen LogP contribution < -0.4 is 5.32 Å². The highest BCUT2D eigenvalue weighted by molar-refractivity contribution is 7.89. The summed E-state index contributed by atoms with van der Waals surface area (Å²) in [6.07, 6.45) is 0.894. The molecule has 1 fully saturated rings. The quantitative estimate of drug-likeness (QED) is 0.621. The molecule has 0 aliphatic carbocycles. The van der Waals surface area contributed by atoms with Crippen LogP contribution in [0.5, 0.6) is 0 Å². The van der Waals surface area contributed by atoms with Crippen molar-refractivity contribution in [2.45, 2.75) is 24.7 Å². The van der Waals surface area contributed by atoms with Crippen molar-refractivity contribution in [1.29, 1.82) is 0 Å². The van der Waals surface area contributed by atoms with E-state index in [0.29, 0.717) is 40.8 Å². The Kier molecular flexibility index (Phi) is 6.08. The Morgan fingerprint density at radius 2 is 1.87 bits per heavy atom. The smallest absolute Gasteiger partial charge is 0.243 e.